The van der Waals surface area contributed by atoms with Crippen molar-refractivity contribution in [3.8, 4) is 22.5 Å². The molecule has 1 unspecified atom stereocenters. The van der Waals surface area contributed by atoms with E-state index in [-0.39, 0.29) is 36.9 Å². The number of nitrogens with one attached hydrogen (secondary N) is 2. The van der Waals surface area contributed by atoms with Crippen LogP contribution in [0.25, 0.3) is 22.5 Å². The Hall–Kier alpha value is -6.90. The lowest BCUT2D eigenvalue weighted by Gasteiger charge is -2.39. The van der Waals surface area contributed by atoms with Crippen LogP contribution < -0.4 is 16.4 Å². The van der Waals surface area contributed by atoms with E-state index in [2.05, 4.69) is 64.8 Å². The lowest BCUT2D eigenvalue weighted by Crippen LogP contribution is -2.47. The molecule has 8 rings (SSSR count). The number of benzene rings is 4. The summed E-state index contributed by atoms with van der Waals surface area (Å²) in [4.78, 5) is 65.0. The number of hydrogen-bond donors (Lipinski definition) is 4. The standard InChI is InChI=1S/C27H33N5O2.C27H32N4O3/c1-27(2,3)23(32-17-20(14-28)15-29-25(33)26(32)34)24-30-22(21-12-8-5-9-13-21)18-31(24)16-19-10-6-4-7-11-19;1-27(2,3)23(31-16-20(18-32)14-28-25(33)26(31)34)24-29-22(21-12-8-5-9-13-21)17-30(24)15-19-10-6-4-7-11-19/h4-13,18,20,23H,14-17,28H2,1-3H3,(H,29,33);4-13,17,20,23,32H,14-16,18H2,1-3H3,(H,28,33)/t20-,23-;20?,23-/m00/s1. The molecular formula is C54H65N9O5. The van der Waals surface area contributed by atoms with E-state index < -0.39 is 41.1 Å². The van der Waals surface area contributed by atoms with Crippen molar-refractivity contribution < 1.29 is 24.3 Å². The average Bonchev–Trinajstić information content (AvgIpc) is 3.86. The first kappa shape index (κ1) is 49.0. The summed E-state index contributed by atoms with van der Waals surface area (Å²) < 4.78 is 4.19. The number of rotatable bonds is 12. The van der Waals surface area contributed by atoms with E-state index in [1.807, 2.05) is 130 Å². The maximum atomic E-state index is 13.3. The zero-order valence-electron chi connectivity index (χ0n) is 40.0. The highest BCUT2D eigenvalue weighted by molar-refractivity contribution is 6.35. The number of imidazole rings is 2. The molecule has 0 aliphatic carbocycles. The summed E-state index contributed by atoms with van der Waals surface area (Å²) in [6.45, 7) is 15.2. The minimum absolute atomic E-state index is 0.0219. The molecule has 356 valence electrons. The molecule has 0 radical (unpaired) electrons. The lowest BCUT2D eigenvalue weighted by molar-refractivity contribution is -0.148. The maximum Gasteiger partial charge on any atom is 0.312 e. The quantitative estimate of drug-likeness (QED) is 0.101. The van der Waals surface area contributed by atoms with E-state index in [4.69, 9.17) is 15.7 Å². The van der Waals surface area contributed by atoms with E-state index in [0.29, 0.717) is 32.7 Å². The van der Waals surface area contributed by atoms with Crippen molar-refractivity contribution >= 4 is 23.6 Å². The first-order valence-corrected chi connectivity index (χ1v) is 23.4. The van der Waals surface area contributed by atoms with Crippen LogP contribution in [0.1, 0.15) is 76.4 Å². The predicted octanol–water partition coefficient (Wildman–Crippen LogP) is 6.47. The molecule has 14 nitrogen and oxygen atoms in total. The van der Waals surface area contributed by atoms with E-state index >= 15 is 0 Å². The third-order valence-corrected chi connectivity index (χ3v) is 12.4. The normalized spacial score (nSPS) is 17.9. The first-order valence-electron chi connectivity index (χ1n) is 23.4. The Labute approximate surface area is 399 Å². The van der Waals surface area contributed by atoms with Crippen molar-refractivity contribution in [1.29, 1.82) is 0 Å². The molecule has 4 heterocycles. The van der Waals surface area contributed by atoms with Crippen molar-refractivity contribution in [3.05, 3.63) is 156 Å². The molecule has 6 aromatic rings. The molecule has 14 heteroatoms. The van der Waals surface area contributed by atoms with E-state index in [9.17, 15) is 24.3 Å². The Morgan fingerprint density at radius 3 is 1.28 bits per heavy atom. The molecule has 5 N–H and O–H groups in total. The fourth-order valence-corrected chi connectivity index (χ4v) is 9.06. The second kappa shape index (κ2) is 21.4. The molecule has 0 spiro atoms. The van der Waals surface area contributed by atoms with E-state index in [1.165, 1.54) is 0 Å². The molecule has 4 aromatic carbocycles. The van der Waals surface area contributed by atoms with Gasteiger partial charge in [0.15, 0.2) is 0 Å². The van der Waals surface area contributed by atoms with Crippen LogP contribution in [0.4, 0.5) is 0 Å². The Morgan fingerprint density at radius 1 is 0.574 bits per heavy atom. The molecular weight excluding hydrogens is 855 g/mol. The van der Waals surface area contributed by atoms with Crippen LogP contribution in [0.3, 0.4) is 0 Å². The number of aliphatic hydroxyl groups is 1. The summed E-state index contributed by atoms with van der Waals surface area (Å²) in [5, 5.41) is 15.2. The summed E-state index contributed by atoms with van der Waals surface area (Å²) in [6, 6.07) is 39.3. The number of hydrogen-bond acceptors (Lipinski definition) is 8. The van der Waals surface area contributed by atoms with Gasteiger partial charge in [-0.05, 0) is 28.5 Å². The molecule has 0 saturated carbocycles. The van der Waals surface area contributed by atoms with Gasteiger partial charge in [0.1, 0.15) is 11.6 Å². The summed E-state index contributed by atoms with van der Waals surface area (Å²) >= 11 is 0. The van der Waals surface area contributed by atoms with Crippen molar-refractivity contribution in [1.82, 2.24) is 39.5 Å². The Kier molecular flexibility index (Phi) is 15.4. The summed E-state index contributed by atoms with van der Waals surface area (Å²) in [7, 11) is 0. The van der Waals surface area contributed by atoms with Crippen LogP contribution in [-0.4, -0.2) is 97.0 Å². The minimum Gasteiger partial charge on any atom is -0.396 e. The fraction of sp³-hybridized carbons (Fsp3) is 0.370. The van der Waals surface area contributed by atoms with Gasteiger partial charge in [0, 0.05) is 81.2 Å². The number of aliphatic hydroxyl groups excluding tert-OH is 1. The fourth-order valence-electron chi connectivity index (χ4n) is 9.06. The van der Waals surface area contributed by atoms with Crippen LogP contribution in [0.2, 0.25) is 0 Å². The molecule has 2 aliphatic rings. The van der Waals surface area contributed by atoms with Gasteiger partial charge >= 0.3 is 23.6 Å². The van der Waals surface area contributed by atoms with Crippen LogP contribution >= 0.6 is 0 Å². The van der Waals surface area contributed by atoms with Crippen LogP contribution in [0.5, 0.6) is 0 Å². The second-order valence-electron chi connectivity index (χ2n) is 20.0. The van der Waals surface area contributed by atoms with Crippen molar-refractivity contribution in [2.45, 2.75) is 66.7 Å². The van der Waals surface area contributed by atoms with Crippen molar-refractivity contribution in [2.24, 2.45) is 28.4 Å². The predicted molar refractivity (Wildman–Crippen MR) is 263 cm³/mol. The highest BCUT2D eigenvalue weighted by Gasteiger charge is 2.44. The monoisotopic (exact) mass is 920 g/mol. The maximum absolute atomic E-state index is 13.3. The third kappa shape index (κ3) is 11.6. The van der Waals surface area contributed by atoms with Gasteiger partial charge in [-0.2, -0.15) is 0 Å². The molecule has 4 atom stereocenters. The smallest absolute Gasteiger partial charge is 0.312 e. The van der Waals surface area contributed by atoms with Crippen molar-refractivity contribution in [3.63, 3.8) is 0 Å². The zero-order valence-corrected chi connectivity index (χ0v) is 40.0. The highest BCUT2D eigenvalue weighted by Crippen LogP contribution is 2.41. The van der Waals surface area contributed by atoms with Gasteiger partial charge in [-0.15, -0.1) is 0 Å². The number of aromatic nitrogens is 4. The Bertz CT molecular complexity index is 2450. The Morgan fingerprint density at radius 2 is 0.926 bits per heavy atom. The molecule has 2 saturated heterocycles. The van der Waals surface area contributed by atoms with E-state index in [0.717, 1.165) is 45.3 Å². The summed E-state index contributed by atoms with van der Waals surface area (Å²) in [5.41, 5.74) is 11.0. The van der Waals surface area contributed by atoms with Gasteiger partial charge in [-0.1, -0.05) is 163 Å². The lowest BCUT2D eigenvalue weighted by atomic mass is 9.84. The highest BCUT2D eigenvalue weighted by atomic mass is 16.3. The number of amides is 4. The van der Waals surface area contributed by atoms with Gasteiger partial charge in [-0.25, -0.2) is 9.97 Å². The molecule has 0 bridgehead atoms. The molecule has 4 amide bonds. The largest absolute Gasteiger partial charge is 0.396 e. The number of nitrogens with two attached hydrogens (primary N) is 1. The summed E-state index contributed by atoms with van der Waals surface area (Å²) in [5.74, 6) is -1.15. The third-order valence-electron chi connectivity index (χ3n) is 12.4. The average molecular weight is 920 g/mol. The van der Waals surface area contributed by atoms with Crippen molar-refractivity contribution in [2.75, 3.05) is 39.3 Å². The molecule has 2 fully saturated rings. The zero-order chi connectivity index (χ0) is 48.6. The first-order chi connectivity index (χ1) is 32.5. The SMILES string of the molecule is CC(C)(C)[C@H](c1nc(-c2ccccc2)cn1Cc1ccccc1)N1CC(CO)CNC(=O)C1=O.CC(C)(C)[C@H](c1nc(-c2ccccc2)cn1Cc1ccccc1)N1C[C@@H](CN)CNC(=O)C1=O. The molecule has 68 heavy (non-hydrogen) atoms. The van der Waals surface area contributed by atoms with Gasteiger partial charge < -0.3 is 40.4 Å². The van der Waals surface area contributed by atoms with Crippen LogP contribution in [0.15, 0.2) is 134 Å². The number of carbonyl (C=O) groups is 4. The Balaban J connectivity index is 0.000000201. The van der Waals surface area contributed by atoms with Crippen LogP contribution in [-0.2, 0) is 32.3 Å². The molecule has 2 aromatic heterocycles. The number of nitrogens with zero attached hydrogens (tertiary/aromatic N) is 6. The number of carbonyl (C=O) groups excluding carboxylic acids is 4. The molecule has 2 aliphatic heterocycles. The van der Waals surface area contributed by atoms with Gasteiger partial charge in [0.05, 0.1) is 23.5 Å². The second-order valence-corrected chi connectivity index (χ2v) is 20.0. The van der Waals surface area contributed by atoms with E-state index in [1.54, 1.807) is 9.80 Å². The van der Waals surface area contributed by atoms with Gasteiger partial charge in [0.2, 0.25) is 0 Å². The van der Waals surface area contributed by atoms with Crippen LogP contribution in [0, 0.1) is 22.7 Å². The van der Waals surface area contributed by atoms with Gasteiger partial charge in [-0.3, -0.25) is 19.2 Å². The topological polar surface area (TPSA) is 181 Å². The summed E-state index contributed by atoms with van der Waals surface area (Å²) in [6.07, 6.45) is 4.06. The minimum atomic E-state index is -0.644. The van der Waals surface area contributed by atoms with Gasteiger partial charge in [0.25, 0.3) is 0 Å².